The lowest BCUT2D eigenvalue weighted by atomic mass is 10.1. The van der Waals surface area contributed by atoms with Crippen molar-refractivity contribution < 1.29 is 19.8 Å². The third-order valence-corrected chi connectivity index (χ3v) is 3.21. The topological polar surface area (TPSA) is 89.9 Å². The van der Waals surface area contributed by atoms with Gasteiger partial charge in [0.1, 0.15) is 6.04 Å². The van der Waals surface area contributed by atoms with Gasteiger partial charge in [0, 0.05) is 13.0 Å². The Hall–Kier alpha value is -1.14. The first-order valence-corrected chi connectivity index (χ1v) is 5.54. The van der Waals surface area contributed by atoms with Crippen LogP contribution in [0.3, 0.4) is 0 Å². The number of nitrogens with zero attached hydrogens (tertiary/aromatic N) is 1. The Kier molecular flexibility index (Phi) is 3.11. The fourth-order valence-corrected chi connectivity index (χ4v) is 2.39. The van der Waals surface area contributed by atoms with Crippen LogP contribution in [0, 0.1) is 0 Å². The summed E-state index contributed by atoms with van der Waals surface area (Å²) in [6.45, 7) is 0.929. The molecule has 3 atom stereocenters. The van der Waals surface area contributed by atoms with Crippen LogP contribution in [0.1, 0.15) is 19.3 Å². The molecule has 0 unspecified atom stereocenters. The van der Waals surface area contributed by atoms with Crippen LogP contribution >= 0.6 is 0 Å². The molecule has 2 aliphatic heterocycles. The number of rotatable bonds is 2. The highest BCUT2D eigenvalue weighted by Gasteiger charge is 2.41. The summed E-state index contributed by atoms with van der Waals surface area (Å²) >= 11 is 0. The van der Waals surface area contributed by atoms with Crippen molar-refractivity contribution in [2.24, 2.45) is 0 Å². The van der Waals surface area contributed by atoms with Crippen molar-refractivity contribution in [1.29, 1.82) is 0 Å². The number of carboxylic acids is 1. The van der Waals surface area contributed by atoms with E-state index in [1.807, 2.05) is 0 Å². The molecule has 0 saturated carbocycles. The number of carbonyl (C=O) groups is 2. The van der Waals surface area contributed by atoms with Crippen LogP contribution in [0.25, 0.3) is 0 Å². The second kappa shape index (κ2) is 4.39. The summed E-state index contributed by atoms with van der Waals surface area (Å²) in [4.78, 5) is 24.2. The number of aliphatic hydroxyl groups excluding tert-OH is 1. The van der Waals surface area contributed by atoms with Crippen LogP contribution in [0.2, 0.25) is 0 Å². The lowest BCUT2D eigenvalue weighted by Crippen LogP contribution is -2.48. The Morgan fingerprint density at radius 3 is 2.69 bits per heavy atom. The maximum atomic E-state index is 12.0. The molecule has 1 amide bonds. The molecule has 2 fully saturated rings. The van der Waals surface area contributed by atoms with E-state index in [-0.39, 0.29) is 24.9 Å². The number of aliphatic hydroxyl groups is 1. The Morgan fingerprint density at radius 2 is 2.12 bits per heavy atom. The quantitative estimate of drug-likeness (QED) is 0.551. The molecule has 0 aliphatic carbocycles. The summed E-state index contributed by atoms with van der Waals surface area (Å²) in [7, 11) is 0. The van der Waals surface area contributed by atoms with E-state index < -0.39 is 18.1 Å². The fraction of sp³-hybridized carbons (Fsp3) is 0.800. The largest absolute Gasteiger partial charge is 0.480 e. The first-order valence-electron chi connectivity index (χ1n) is 5.54. The van der Waals surface area contributed by atoms with E-state index in [0.717, 1.165) is 19.4 Å². The maximum absolute atomic E-state index is 12.0. The first-order chi connectivity index (χ1) is 7.59. The van der Waals surface area contributed by atoms with Crippen LogP contribution in [0.15, 0.2) is 0 Å². The second-order valence-electron chi connectivity index (χ2n) is 4.38. The molecule has 0 bridgehead atoms. The highest BCUT2D eigenvalue weighted by molar-refractivity contribution is 5.87. The van der Waals surface area contributed by atoms with Gasteiger partial charge in [-0.25, -0.2) is 4.79 Å². The lowest BCUT2D eigenvalue weighted by Gasteiger charge is -2.24. The van der Waals surface area contributed by atoms with E-state index >= 15 is 0 Å². The molecule has 2 aliphatic rings. The number of aliphatic carboxylic acids is 1. The Bertz CT molecular complexity index is 301. The number of carboxylic acid groups (broad SMARTS) is 1. The van der Waals surface area contributed by atoms with Crippen LogP contribution in [0.5, 0.6) is 0 Å². The van der Waals surface area contributed by atoms with Gasteiger partial charge in [-0.15, -0.1) is 0 Å². The number of nitrogens with one attached hydrogen (secondary N) is 1. The minimum Gasteiger partial charge on any atom is -0.480 e. The molecule has 16 heavy (non-hydrogen) atoms. The van der Waals surface area contributed by atoms with E-state index in [1.165, 1.54) is 4.90 Å². The van der Waals surface area contributed by atoms with Gasteiger partial charge in [-0.05, 0) is 19.4 Å². The molecule has 2 heterocycles. The zero-order chi connectivity index (χ0) is 11.7. The molecule has 6 heteroatoms. The SMILES string of the molecule is O=C(O)[C@@H]1C[C@H](O)CN1C(=O)[C@H]1CCCN1. The smallest absolute Gasteiger partial charge is 0.326 e. The summed E-state index contributed by atoms with van der Waals surface area (Å²) in [5, 5.41) is 21.4. The average Bonchev–Trinajstić information content (AvgIpc) is 2.84. The Morgan fingerprint density at radius 1 is 1.38 bits per heavy atom. The first kappa shape index (κ1) is 11.3. The van der Waals surface area contributed by atoms with Crippen LogP contribution in [-0.4, -0.2) is 58.3 Å². The molecule has 3 N–H and O–H groups in total. The highest BCUT2D eigenvalue weighted by Crippen LogP contribution is 2.21. The zero-order valence-corrected chi connectivity index (χ0v) is 8.93. The van der Waals surface area contributed by atoms with Crippen molar-refractivity contribution >= 4 is 11.9 Å². The van der Waals surface area contributed by atoms with E-state index in [9.17, 15) is 14.7 Å². The monoisotopic (exact) mass is 228 g/mol. The van der Waals surface area contributed by atoms with Crippen LogP contribution in [-0.2, 0) is 9.59 Å². The fourth-order valence-electron chi connectivity index (χ4n) is 2.39. The molecule has 0 aromatic rings. The highest BCUT2D eigenvalue weighted by atomic mass is 16.4. The molecule has 0 radical (unpaired) electrons. The summed E-state index contributed by atoms with van der Waals surface area (Å²) in [5.74, 6) is -1.23. The minimum absolute atomic E-state index is 0.133. The van der Waals surface area contributed by atoms with Gasteiger partial charge in [0.15, 0.2) is 0 Å². The number of hydrogen-bond acceptors (Lipinski definition) is 4. The molecule has 0 spiro atoms. The summed E-state index contributed by atoms with van der Waals surface area (Å²) in [6.07, 6.45) is 1.10. The molecule has 0 aromatic heterocycles. The van der Waals surface area contributed by atoms with Gasteiger partial charge in [0.2, 0.25) is 5.91 Å². The molecular weight excluding hydrogens is 212 g/mol. The second-order valence-corrected chi connectivity index (χ2v) is 4.38. The number of hydrogen-bond donors (Lipinski definition) is 3. The van der Waals surface area contributed by atoms with Gasteiger partial charge >= 0.3 is 5.97 Å². The van der Waals surface area contributed by atoms with Crippen molar-refractivity contribution in [3.05, 3.63) is 0 Å². The van der Waals surface area contributed by atoms with Crippen molar-refractivity contribution in [3.8, 4) is 0 Å². The van der Waals surface area contributed by atoms with Crippen molar-refractivity contribution in [3.63, 3.8) is 0 Å². The minimum atomic E-state index is -1.04. The molecule has 90 valence electrons. The lowest BCUT2D eigenvalue weighted by molar-refractivity contribution is -0.148. The number of likely N-dealkylation sites (tertiary alicyclic amines) is 1. The predicted molar refractivity (Wildman–Crippen MR) is 54.8 cm³/mol. The average molecular weight is 228 g/mol. The Balaban J connectivity index is 2.06. The third kappa shape index (κ3) is 2.03. The van der Waals surface area contributed by atoms with Gasteiger partial charge in [0.05, 0.1) is 12.1 Å². The molecular formula is C10H16N2O4. The zero-order valence-electron chi connectivity index (χ0n) is 8.93. The van der Waals surface area contributed by atoms with E-state index in [2.05, 4.69) is 5.32 Å². The van der Waals surface area contributed by atoms with Gasteiger partial charge in [-0.2, -0.15) is 0 Å². The number of amides is 1. The van der Waals surface area contributed by atoms with Crippen LogP contribution < -0.4 is 5.32 Å². The summed E-state index contributed by atoms with van der Waals surface area (Å²) in [6, 6.07) is -1.14. The molecule has 6 nitrogen and oxygen atoms in total. The summed E-state index contributed by atoms with van der Waals surface area (Å²) < 4.78 is 0. The van der Waals surface area contributed by atoms with E-state index in [1.54, 1.807) is 0 Å². The third-order valence-electron chi connectivity index (χ3n) is 3.21. The van der Waals surface area contributed by atoms with Crippen molar-refractivity contribution in [2.75, 3.05) is 13.1 Å². The number of β-amino-alcohol motifs (C(OH)–C–C–N with tert-alkyl or cyclic N) is 1. The Labute approximate surface area is 93.2 Å². The van der Waals surface area contributed by atoms with E-state index in [0.29, 0.717) is 0 Å². The normalized spacial score (nSPS) is 34.3. The van der Waals surface area contributed by atoms with Gasteiger partial charge < -0.3 is 20.4 Å². The van der Waals surface area contributed by atoms with Crippen molar-refractivity contribution in [2.45, 2.75) is 37.5 Å². The van der Waals surface area contributed by atoms with Gasteiger partial charge in [-0.1, -0.05) is 0 Å². The number of carbonyl (C=O) groups excluding carboxylic acids is 1. The summed E-state index contributed by atoms with van der Waals surface area (Å²) in [5.41, 5.74) is 0. The predicted octanol–water partition coefficient (Wildman–Crippen LogP) is -1.22. The van der Waals surface area contributed by atoms with Gasteiger partial charge in [0.25, 0.3) is 0 Å². The van der Waals surface area contributed by atoms with Gasteiger partial charge in [-0.3, -0.25) is 4.79 Å². The molecule has 0 aromatic carbocycles. The molecule has 2 saturated heterocycles. The molecule has 2 rings (SSSR count). The van der Waals surface area contributed by atoms with Crippen LogP contribution in [0.4, 0.5) is 0 Å². The van der Waals surface area contributed by atoms with Crippen molar-refractivity contribution in [1.82, 2.24) is 10.2 Å². The maximum Gasteiger partial charge on any atom is 0.326 e. The van der Waals surface area contributed by atoms with E-state index in [4.69, 9.17) is 5.11 Å². The standard InChI is InChI=1S/C10H16N2O4/c13-6-4-8(10(15)16)12(5-6)9(14)7-2-1-3-11-7/h6-8,11,13H,1-5H2,(H,15,16)/t6-,7+,8-/m0/s1.